The van der Waals surface area contributed by atoms with Crippen LogP contribution >= 0.6 is 0 Å². The van der Waals surface area contributed by atoms with E-state index in [1.54, 1.807) is 12.1 Å². The minimum atomic E-state index is -0.447. The third kappa shape index (κ3) is 1.52. The Bertz CT molecular complexity index is 545. The smallest absolute Gasteiger partial charge is 0.408 e. The molecule has 0 unspecified atom stereocenters. The normalized spacial score (nSPS) is 10.2. The molecule has 4 nitrogen and oxygen atoms in total. The second-order valence-electron chi connectivity index (χ2n) is 3.00. The third-order valence-corrected chi connectivity index (χ3v) is 2.01. The Balaban J connectivity index is 2.41. The first-order valence-electron chi connectivity index (χ1n) is 4.28. The van der Waals surface area contributed by atoms with Gasteiger partial charge in [0.25, 0.3) is 0 Å². The number of aromatic nitrogens is 1. The van der Waals surface area contributed by atoms with Crippen molar-refractivity contribution in [1.29, 1.82) is 5.26 Å². The number of rotatable bonds is 2. The summed E-state index contributed by atoms with van der Waals surface area (Å²) in [5, 5.41) is 8.42. The van der Waals surface area contributed by atoms with E-state index in [4.69, 9.17) is 9.68 Å². The van der Waals surface area contributed by atoms with E-state index in [0.717, 1.165) is 5.56 Å². The SMILES string of the molecule is N#CCCc1ccc2[nH]c(=O)oc2c1. The highest BCUT2D eigenvalue weighted by Crippen LogP contribution is 2.13. The van der Waals surface area contributed by atoms with Crippen LogP contribution < -0.4 is 5.76 Å². The molecule has 0 aliphatic heterocycles. The number of benzene rings is 1. The quantitative estimate of drug-likeness (QED) is 0.777. The lowest BCUT2D eigenvalue weighted by molar-refractivity contribution is 0.555. The second kappa shape index (κ2) is 3.38. The Kier molecular flexibility index (Phi) is 2.07. The first kappa shape index (κ1) is 8.57. The summed E-state index contributed by atoms with van der Waals surface area (Å²) < 4.78 is 4.89. The lowest BCUT2D eigenvalue weighted by atomic mass is 10.1. The van der Waals surface area contributed by atoms with Crippen LogP contribution in [0.2, 0.25) is 0 Å². The van der Waals surface area contributed by atoms with Gasteiger partial charge < -0.3 is 4.42 Å². The van der Waals surface area contributed by atoms with Gasteiger partial charge in [0.05, 0.1) is 11.6 Å². The fourth-order valence-electron chi connectivity index (χ4n) is 1.35. The van der Waals surface area contributed by atoms with E-state index in [1.165, 1.54) is 0 Å². The van der Waals surface area contributed by atoms with Gasteiger partial charge in [-0.15, -0.1) is 0 Å². The summed E-state index contributed by atoms with van der Waals surface area (Å²) >= 11 is 0. The molecule has 0 fully saturated rings. The molecular formula is C10H8N2O2. The monoisotopic (exact) mass is 188 g/mol. The molecule has 0 amide bonds. The molecule has 0 atom stereocenters. The molecule has 0 radical (unpaired) electrons. The largest absolute Gasteiger partial charge is 0.417 e. The summed E-state index contributed by atoms with van der Waals surface area (Å²) in [5.41, 5.74) is 2.24. The van der Waals surface area contributed by atoms with Crippen molar-refractivity contribution in [3.63, 3.8) is 0 Å². The lowest BCUT2D eigenvalue weighted by Crippen LogP contribution is -1.92. The molecule has 1 aromatic carbocycles. The molecule has 0 aliphatic rings. The van der Waals surface area contributed by atoms with Crippen LogP contribution in [0.5, 0.6) is 0 Å². The predicted octanol–water partition coefficient (Wildman–Crippen LogP) is 1.58. The van der Waals surface area contributed by atoms with Crippen LogP contribution in [0.4, 0.5) is 0 Å². The maximum absolute atomic E-state index is 10.8. The molecule has 2 rings (SSSR count). The van der Waals surface area contributed by atoms with Gasteiger partial charge in [-0.1, -0.05) is 6.07 Å². The number of H-pyrrole nitrogens is 1. The summed E-state index contributed by atoms with van der Waals surface area (Å²) in [4.78, 5) is 13.4. The van der Waals surface area contributed by atoms with Crippen molar-refractivity contribution in [3.8, 4) is 6.07 Å². The topological polar surface area (TPSA) is 69.8 Å². The molecule has 0 saturated carbocycles. The Labute approximate surface area is 79.8 Å². The average Bonchev–Trinajstić information content (AvgIpc) is 2.54. The van der Waals surface area contributed by atoms with E-state index in [-0.39, 0.29) is 0 Å². The summed E-state index contributed by atoms with van der Waals surface area (Å²) in [6.45, 7) is 0. The standard InChI is InChI=1S/C10H8N2O2/c11-5-1-2-7-3-4-8-9(6-7)14-10(13)12-8/h3-4,6H,1-2H2,(H,12,13). The van der Waals surface area contributed by atoms with Crippen LogP contribution in [-0.4, -0.2) is 4.98 Å². The molecule has 0 aliphatic carbocycles. The summed E-state index contributed by atoms with van der Waals surface area (Å²) in [6.07, 6.45) is 1.15. The lowest BCUT2D eigenvalue weighted by Gasteiger charge is -1.95. The van der Waals surface area contributed by atoms with Crippen molar-refractivity contribution in [2.75, 3.05) is 0 Å². The number of fused-ring (bicyclic) bond motifs is 1. The molecule has 1 heterocycles. The van der Waals surface area contributed by atoms with Crippen molar-refractivity contribution in [2.45, 2.75) is 12.8 Å². The predicted molar refractivity (Wildman–Crippen MR) is 50.8 cm³/mol. The zero-order valence-corrected chi connectivity index (χ0v) is 7.41. The molecule has 0 bridgehead atoms. The highest BCUT2D eigenvalue weighted by atomic mass is 16.4. The fourth-order valence-corrected chi connectivity index (χ4v) is 1.35. The second-order valence-corrected chi connectivity index (χ2v) is 3.00. The number of hydrogen-bond acceptors (Lipinski definition) is 3. The Morgan fingerprint density at radius 2 is 2.36 bits per heavy atom. The van der Waals surface area contributed by atoms with E-state index in [9.17, 15) is 4.79 Å². The molecule has 0 spiro atoms. The average molecular weight is 188 g/mol. The van der Waals surface area contributed by atoms with Gasteiger partial charge in [0.15, 0.2) is 5.58 Å². The van der Waals surface area contributed by atoms with Crippen molar-refractivity contribution >= 4 is 11.1 Å². The molecule has 2 aromatic rings. The molecule has 1 N–H and O–H groups in total. The Hall–Kier alpha value is -2.02. The van der Waals surface area contributed by atoms with E-state index >= 15 is 0 Å². The first-order chi connectivity index (χ1) is 6.79. The highest BCUT2D eigenvalue weighted by Gasteiger charge is 2.01. The highest BCUT2D eigenvalue weighted by molar-refractivity contribution is 5.72. The number of hydrogen-bond donors (Lipinski definition) is 1. The van der Waals surface area contributed by atoms with Gasteiger partial charge in [-0.05, 0) is 24.1 Å². The molecule has 0 saturated heterocycles. The van der Waals surface area contributed by atoms with Gasteiger partial charge >= 0.3 is 5.76 Å². The maximum Gasteiger partial charge on any atom is 0.417 e. The van der Waals surface area contributed by atoms with Crippen molar-refractivity contribution in [3.05, 3.63) is 34.3 Å². The van der Waals surface area contributed by atoms with Crippen LogP contribution in [0.1, 0.15) is 12.0 Å². The zero-order chi connectivity index (χ0) is 9.97. The van der Waals surface area contributed by atoms with Crippen molar-refractivity contribution < 1.29 is 4.42 Å². The van der Waals surface area contributed by atoms with Gasteiger partial charge in [0.1, 0.15) is 0 Å². The van der Waals surface area contributed by atoms with Crippen molar-refractivity contribution in [1.82, 2.24) is 4.98 Å². The maximum atomic E-state index is 10.8. The Morgan fingerprint density at radius 3 is 3.14 bits per heavy atom. The minimum absolute atomic E-state index is 0.447. The van der Waals surface area contributed by atoms with Crippen LogP contribution in [0.15, 0.2) is 27.4 Å². The van der Waals surface area contributed by atoms with Crippen LogP contribution in [0, 0.1) is 11.3 Å². The van der Waals surface area contributed by atoms with Crippen LogP contribution in [-0.2, 0) is 6.42 Å². The Morgan fingerprint density at radius 1 is 1.50 bits per heavy atom. The van der Waals surface area contributed by atoms with Gasteiger partial charge in [0, 0.05) is 6.42 Å². The third-order valence-electron chi connectivity index (χ3n) is 2.01. The number of nitrogens with one attached hydrogen (secondary N) is 1. The number of aromatic amines is 1. The van der Waals surface area contributed by atoms with Gasteiger partial charge in [-0.25, -0.2) is 4.79 Å². The summed E-state index contributed by atoms with van der Waals surface area (Å²) in [6, 6.07) is 7.52. The van der Waals surface area contributed by atoms with Gasteiger partial charge in [-0.3, -0.25) is 4.98 Å². The summed E-state index contributed by atoms with van der Waals surface area (Å²) in [7, 11) is 0. The van der Waals surface area contributed by atoms with E-state index in [0.29, 0.717) is 23.9 Å². The van der Waals surface area contributed by atoms with Crippen LogP contribution in [0.3, 0.4) is 0 Å². The van der Waals surface area contributed by atoms with Crippen molar-refractivity contribution in [2.24, 2.45) is 0 Å². The number of nitrogens with zero attached hydrogens (tertiary/aromatic N) is 1. The summed E-state index contributed by atoms with van der Waals surface area (Å²) in [5.74, 6) is -0.447. The van der Waals surface area contributed by atoms with E-state index in [1.807, 2.05) is 6.07 Å². The van der Waals surface area contributed by atoms with E-state index < -0.39 is 5.76 Å². The van der Waals surface area contributed by atoms with Gasteiger partial charge in [0.2, 0.25) is 0 Å². The molecule has 14 heavy (non-hydrogen) atoms. The molecule has 1 aromatic heterocycles. The molecular weight excluding hydrogens is 180 g/mol. The number of oxazole rings is 1. The fraction of sp³-hybridized carbons (Fsp3) is 0.200. The molecule has 4 heteroatoms. The number of nitriles is 1. The molecule has 70 valence electrons. The van der Waals surface area contributed by atoms with E-state index in [2.05, 4.69) is 11.1 Å². The van der Waals surface area contributed by atoms with Gasteiger partial charge in [-0.2, -0.15) is 5.26 Å². The minimum Gasteiger partial charge on any atom is -0.408 e. The zero-order valence-electron chi connectivity index (χ0n) is 7.41. The van der Waals surface area contributed by atoms with Crippen LogP contribution in [0.25, 0.3) is 11.1 Å². The number of aryl methyl sites for hydroxylation is 1. The first-order valence-corrected chi connectivity index (χ1v) is 4.28.